The minimum atomic E-state index is 0.295. The van der Waals surface area contributed by atoms with E-state index >= 15 is 0 Å². The van der Waals surface area contributed by atoms with E-state index in [2.05, 4.69) is 15.0 Å². The highest BCUT2D eigenvalue weighted by Crippen LogP contribution is 2.36. The van der Waals surface area contributed by atoms with Gasteiger partial charge in [-0.15, -0.1) is 11.3 Å². The van der Waals surface area contributed by atoms with Gasteiger partial charge in [0.15, 0.2) is 4.34 Å². The second-order valence-electron chi connectivity index (χ2n) is 7.15. The molecule has 0 bridgehead atoms. The summed E-state index contributed by atoms with van der Waals surface area (Å²) in [6.45, 7) is 4.25. The van der Waals surface area contributed by atoms with Crippen molar-refractivity contribution in [3.63, 3.8) is 0 Å². The number of hydrogen-bond donors (Lipinski definition) is 0. The van der Waals surface area contributed by atoms with Gasteiger partial charge in [0.2, 0.25) is 0 Å². The van der Waals surface area contributed by atoms with E-state index in [0.717, 1.165) is 42.8 Å². The molecule has 0 fully saturated rings. The molecule has 1 aromatic carbocycles. The lowest BCUT2D eigenvalue weighted by molar-refractivity contribution is 0.306. The Balaban J connectivity index is 1.49. The summed E-state index contributed by atoms with van der Waals surface area (Å²) in [5, 5.41) is 3.57. The van der Waals surface area contributed by atoms with Gasteiger partial charge in [0.1, 0.15) is 17.9 Å². The highest BCUT2D eigenvalue weighted by molar-refractivity contribution is 8.01. The molecule has 32 heavy (non-hydrogen) atoms. The Hall–Kier alpha value is -2.94. The van der Waals surface area contributed by atoms with Gasteiger partial charge in [-0.3, -0.25) is 4.98 Å². The van der Waals surface area contributed by atoms with Crippen molar-refractivity contribution in [2.75, 3.05) is 0 Å². The fourth-order valence-electron chi connectivity index (χ4n) is 3.36. The van der Waals surface area contributed by atoms with Crippen LogP contribution < -0.4 is 4.74 Å². The van der Waals surface area contributed by atoms with Gasteiger partial charge < -0.3 is 9.30 Å². The van der Waals surface area contributed by atoms with Crippen LogP contribution >= 0.6 is 34.7 Å². The van der Waals surface area contributed by atoms with Gasteiger partial charge >= 0.3 is 0 Å². The number of imidazole rings is 1. The van der Waals surface area contributed by atoms with Gasteiger partial charge in [-0.1, -0.05) is 35.5 Å². The first-order valence-corrected chi connectivity index (χ1v) is 11.9. The fraction of sp³-hybridized carbons (Fsp3) is 0.130. The van der Waals surface area contributed by atoms with Crippen molar-refractivity contribution in [3.05, 3.63) is 82.7 Å². The van der Waals surface area contributed by atoms with Crippen molar-refractivity contribution in [1.82, 2.24) is 24.5 Å². The molecule has 4 heterocycles. The van der Waals surface area contributed by atoms with Gasteiger partial charge in [0.05, 0.1) is 17.0 Å². The fourth-order valence-corrected chi connectivity index (χ4v) is 5.53. The molecule has 0 atom stereocenters. The maximum atomic E-state index is 6.50. The topological polar surface area (TPSA) is 65.7 Å². The van der Waals surface area contributed by atoms with Crippen molar-refractivity contribution < 1.29 is 4.74 Å². The number of para-hydroxylation sites is 1. The smallest absolute Gasteiger partial charge is 0.154 e. The quantitative estimate of drug-likeness (QED) is 0.286. The van der Waals surface area contributed by atoms with E-state index in [-0.39, 0.29) is 0 Å². The normalized spacial score (nSPS) is 11.2. The summed E-state index contributed by atoms with van der Waals surface area (Å²) in [5.41, 5.74) is 4.57. The van der Waals surface area contributed by atoms with Crippen LogP contribution in [0.1, 0.15) is 17.0 Å². The number of nitrogens with zero attached hydrogens (tertiary/aromatic N) is 5. The van der Waals surface area contributed by atoms with E-state index in [1.54, 1.807) is 48.0 Å². The SMILES string of the molecule is Cc1csc(Sc2cncc(Cl)c2COc2cccc3c(-n4ccnc4)cc(C)nc23)n1. The zero-order valence-electron chi connectivity index (χ0n) is 17.3. The highest BCUT2D eigenvalue weighted by Gasteiger charge is 2.15. The Labute approximate surface area is 198 Å². The Kier molecular flexibility index (Phi) is 5.82. The summed E-state index contributed by atoms with van der Waals surface area (Å²) < 4.78 is 9.19. The number of benzene rings is 1. The molecule has 160 valence electrons. The molecule has 6 nitrogen and oxygen atoms in total. The van der Waals surface area contributed by atoms with Crippen LogP contribution in [-0.4, -0.2) is 24.5 Å². The largest absolute Gasteiger partial charge is 0.487 e. The van der Waals surface area contributed by atoms with E-state index < -0.39 is 0 Å². The van der Waals surface area contributed by atoms with Crippen LogP contribution in [0, 0.1) is 13.8 Å². The summed E-state index contributed by atoms with van der Waals surface area (Å²) in [7, 11) is 0. The molecule has 0 unspecified atom stereocenters. The Bertz CT molecular complexity index is 1400. The lowest BCUT2D eigenvalue weighted by Gasteiger charge is -2.14. The number of rotatable bonds is 6. The average molecular weight is 480 g/mol. The average Bonchev–Trinajstić information content (AvgIpc) is 3.45. The van der Waals surface area contributed by atoms with Crippen LogP contribution in [0.3, 0.4) is 0 Å². The number of pyridine rings is 2. The molecule has 0 N–H and O–H groups in total. The van der Waals surface area contributed by atoms with Gasteiger partial charge in [-0.2, -0.15) is 0 Å². The third-order valence-corrected chi connectivity index (χ3v) is 7.28. The maximum Gasteiger partial charge on any atom is 0.154 e. The molecule has 0 saturated heterocycles. The predicted octanol–water partition coefficient (Wildman–Crippen LogP) is 6.27. The van der Waals surface area contributed by atoms with Crippen LogP contribution in [0.25, 0.3) is 16.6 Å². The van der Waals surface area contributed by atoms with Crippen LogP contribution in [0.5, 0.6) is 5.75 Å². The number of aromatic nitrogens is 5. The third-order valence-electron chi connectivity index (χ3n) is 4.82. The molecular formula is C23H18ClN5OS2. The molecule has 0 radical (unpaired) electrons. The monoisotopic (exact) mass is 479 g/mol. The molecule has 4 aromatic heterocycles. The van der Waals surface area contributed by atoms with Crippen LogP contribution in [0.2, 0.25) is 5.02 Å². The minimum Gasteiger partial charge on any atom is -0.487 e. The Morgan fingerprint density at radius 3 is 2.81 bits per heavy atom. The number of aryl methyl sites for hydroxylation is 2. The van der Waals surface area contributed by atoms with Gasteiger partial charge in [0, 0.05) is 57.4 Å². The lowest BCUT2D eigenvalue weighted by Crippen LogP contribution is -2.02. The first kappa shape index (κ1) is 20.9. The van der Waals surface area contributed by atoms with Crippen molar-refractivity contribution in [1.29, 1.82) is 0 Å². The molecule has 0 aliphatic heterocycles. The van der Waals surface area contributed by atoms with E-state index in [9.17, 15) is 0 Å². The summed E-state index contributed by atoms with van der Waals surface area (Å²) >= 11 is 9.65. The highest BCUT2D eigenvalue weighted by atomic mass is 35.5. The number of hydrogen-bond acceptors (Lipinski definition) is 7. The van der Waals surface area contributed by atoms with Crippen molar-refractivity contribution in [2.45, 2.75) is 29.7 Å². The van der Waals surface area contributed by atoms with Gasteiger partial charge in [-0.05, 0) is 26.0 Å². The van der Waals surface area contributed by atoms with Crippen molar-refractivity contribution >= 4 is 45.6 Å². The number of ether oxygens (including phenoxy) is 1. The number of thiazole rings is 1. The molecule has 0 aliphatic carbocycles. The van der Waals surface area contributed by atoms with E-state index in [0.29, 0.717) is 17.4 Å². The van der Waals surface area contributed by atoms with Crippen molar-refractivity contribution in [3.8, 4) is 11.4 Å². The van der Waals surface area contributed by atoms with Crippen LogP contribution in [0.4, 0.5) is 0 Å². The maximum absolute atomic E-state index is 6.50. The lowest BCUT2D eigenvalue weighted by atomic mass is 10.1. The van der Waals surface area contributed by atoms with E-state index in [1.807, 2.05) is 54.3 Å². The van der Waals surface area contributed by atoms with Crippen LogP contribution in [-0.2, 0) is 6.61 Å². The summed E-state index contributed by atoms with van der Waals surface area (Å²) in [6, 6.07) is 7.98. The molecule has 0 saturated carbocycles. The molecule has 0 aliphatic rings. The van der Waals surface area contributed by atoms with Crippen molar-refractivity contribution in [2.24, 2.45) is 0 Å². The van der Waals surface area contributed by atoms with E-state index in [1.165, 1.54) is 0 Å². The summed E-state index contributed by atoms with van der Waals surface area (Å²) in [4.78, 5) is 18.6. The molecule has 5 rings (SSSR count). The second kappa shape index (κ2) is 8.90. The first-order chi connectivity index (χ1) is 15.6. The molecule has 0 amide bonds. The molecule has 9 heteroatoms. The predicted molar refractivity (Wildman–Crippen MR) is 128 cm³/mol. The summed E-state index contributed by atoms with van der Waals surface area (Å²) in [6.07, 6.45) is 8.90. The molecule has 0 spiro atoms. The van der Waals surface area contributed by atoms with Crippen LogP contribution in [0.15, 0.2) is 70.0 Å². The minimum absolute atomic E-state index is 0.295. The Morgan fingerprint density at radius 1 is 1.12 bits per heavy atom. The van der Waals surface area contributed by atoms with Gasteiger partial charge in [-0.25, -0.2) is 15.0 Å². The second-order valence-corrected chi connectivity index (χ2v) is 9.70. The molecule has 5 aromatic rings. The summed E-state index contributed by atoms with van der Waals surface area (Å²) in [5.74, 6) is 0.696. The zero-order chi connectivity index (χ0) is 22.1. The zero-order valence-corrected chi connectivity index (χ0v) is 19.7. The number of halogens is 1. The standard InChI is InChI=1S/C23H18ClN5OS2/c1-14-8-19(29-7-6-25-13-29)16-4-3-5-20(22(16)27-14)30-11-17-18(24)9-26-10-21(17)32-23-28-15(2)12-31-23/h3-10,12-13H,11H2,1-2H3. The van der Waals surface area contributed by atoms with E-state index in [4.69, 9.17) is 21.3 Å². The molecular weight excluding hydrogens is 462 g/mol. The first-order valence-electron chi connectivity index (χ1n) is 9.82. The third kappa shape index (κ3) is 4.21. The Morgan fingerprint density at radius 2 is 2.03 bits per heavy atom. The van der Waals surface area contributed by atoms with Gasteiger partial charge in [0.25, 0.3) is 0 Å². The number of fused-ring (bicyclic) bond motifs is 1.